The molecule has 4 aliphatic rings. The Hall–Kier alpha value is -2.87. The number of rotatable bonds is 3. The van der Waals surface area contributed by atoms with Crippen LogP contribution in [0, 0.1) is 5.41 Å². The molecule has 10 atom stereocenters. The fraction of sp³-hybridized carbons (Fsp3) is 0.694. The van der Waals surface area contributed by atoms with E-state index in [2.05, 4.69) is 13.2 Å². The summed E-state index contributed by atoms with van der Waals surface area (Å²) in [6, 6.07) is 0. The summed E-state index contributed by atoms with van der Waals surface area (Å²) in [5.41, 5.74) is 0.954. The number of aliphatic hydroxyl groups excluding tert-OH is 2. The molecule has 4 rings (SSSR count). The first kappa shape index (κ1) is 37.9. The third-order valence-electron chi connectivity index (χ3n) is 9.51. The van der Waals surface area contributed by atoms with Crippen molar-refractivity contribution in [1.29, 1.82) is 0 Å². The molecule has 0 aromatic rings. The molecule has 0 unspecified atom stereocenters. The molecule has 0 radical (unpaired) electrons. The Morgan fingerprint density at radius 3 is 2.23 bits per heavy atom. The van der Waals surface area contributed by atoms with Gasteiger partial charge in [0, 0.05) is 37.7 Å². The van der Waals surface area contributed by atoms with Gasteiger partial charge in [0.25, 0.3) is 0 Å². The van der Waals surface area contributed by atoms with E-state index in [9.17, 15) is 29.7 Å². The highest BCUT2D eigenvalue weighted by Crippen LogP contribution is 2.47. The molecule has 0 aromatic carbocycles. The van der Waals surface area contributed by atoms with Crippen molar-refractivity contribution in [2.45, 2.75) is 146 Å². The lowest BCUT2D eigenvalue weighted by atomic mass is 9.74. The smallest absolute Gasteiger partial charge is 0.330 e. The summed E-state index contributed by atoms with van der Waals surface area (Å²) in [5.74, 6) is -4.41. The number of carbonyl (C=O) groups excluding carboxylic acids is 3. The number of esters is 3. The van der Waals surface area contributed by atoms with E-state index >= 15 is 0 Å². The number of methoxy groups -OCH3 is 1. The molecule has 268 valence electrons. The maximum atomic E-state index is 13.0. The van der Waals surface area contributed by atoms with Crippen LogP contribution < -0.4 is 0 Å². The number of hydrogen-bond donors (Lipinski definition) is 3. The van der Waals surface area contributed by atoms with E-state index in [0.717, 1.165) is 17.2 Å². The third-order valence-corrected chi connectivity index (χ3v) is 9.51. The maximum Gasteiger partial charge on any atom is 0.330 e. The van der Waals surface area contributed by atoms with Crippen LogP contribution in [-0.2, 0) is 42.8 Å². The highest BCUT2D eigenvalue weighted by atomic mass is 16.7. The number of fused-ring (bicyclic) bond motifs is 6. The van der Waals surface area contributed by atoms with Crippen molar-refractivity contribution in [3.05, 3.63) is 48.1 Å². The molecule has 12 heteroatoms. The van der Waals surface area contributed by atoms with E-state index in [0.29, 0.717) is 32.1 Å². The summed E-state index contributed by atoms with van der Waals surface area (Å²) in [6.45, 7) is 14.5. The number of cyclic esters (lactones) is 1. The normalized spacial score (nSPS) is 38.7. The first-order chi connectivity index (χ1) is 22.5. The molecule has 48 heavy (non-hydrogen) atoms. The van der Waals surface area contributed by atoms with Gasteiger partial charge in [-0.15, -0.1) is 0 Å². The lowest BCUT2D eigenvalue weighted by Gasteiger charge is -2.51. The van der Waals surface area contributed by atoms with Crippen molar-refractivity contribution >= 4 is 17.9 Å². The van der Waals surface area contributed by atoms with Crippen LogP contribution in [0.5, 0.6) is 0 Å². The predicted octanol–water partition coefficient (Wildman–Crippen LogP) is 3.51. The first-order valence-electron chi connectivity index (χ1n) is 16.7. The molecule has 6 bridgehead atoms. The summed E-state index contributed by atoms with van der Waals surface area (Å²) in [5, 5.41) is 33.9. The molecule has 12 nitrogen and oxygen atoms in total. The zero-order chi connectivity index (χ0) is 35.4. The molecule has 3 N–H and O–H groups in total. The molecule has 0 spiro atoms. The SMILES string of the molecule is C=C1C[C@@H]2C[C@@H]3CC(=C)C[C@H](/C=C/C(C)(C)[C@]4(O)O[C@@H](C/C(=C\C(=O)OC)[C@@H]4OC(C)=O)C[C@H]([C@@H](C)O)OC(=O)C[C@H](O)C[C@H](C1)O2)O3. The number of aliphatic hydroxyl groups is 3. The Balaban J connectivity index is 1.76. The Morgan fingerprint density at radius 1 is 0.979 bits per heavy atom. The van der Waals surface area contributed by atoms with E-state index < -0.39 is 59.6 Å². The lowest BCUT2D eigenvalue weighted by molar-refractivity contribution is -0.327. The van der Waals surface area contributed by atoms with Crippen molar-refractivity contribution < 1.29 is 58.1 Å². The predicted molar refractivity (Wildman–Crippen MR) is 173 cm³/mol. The summed E-state index contributed by atoms with van der Waals surface area (Å²) >= 11 is 0. The second-order valence-electron chi connectivity index (χ2n) is 14.3. The van der Waals surface area contributed by atoms with Crippen LogP contribution in [0.1, 0.15) is 85.5 Å². The number of hydrogen-bond acceptors (Lipinski definition) is 12. The van der Waals surface area contributed by atoms with Crippen LogP contribution in [0.25, 0.3) is 0 Å². The monoisotopic (exact) mass is 676 g/mol. The average Bonchev–Trinajstić information content (AvgIpc) is 2.96. The Morgan fingerprint density at radius 2 is 1.60 bits per heavy atom. The van der Waals surface area contributed by atoms with Crippen LogP contribution in [0.15, 0.2) is 48.1 Å². The van der Waals surface area contributed by atoms with Crippen molar-refractivity contribution in [2.24, 2.45) is 5.41 Å². The summed E-state index contributed by atoms with van der Waals surface area (Å²) in [4.78, 5) is 37.9. The fourth-order valence-electron chi connectivity index (χ4n) is 7.08. The van der Waals surface area contributed by atoms with Gasteiger partial charge >= 0.3 is 17.9 Å². The van der Waals surface area contributed by atoms with E-state index in [1.54, 1.807) is 19.9 Å². The van der Waals surface area contributed by atoms with E-state index in [1.165, 1.54) is 21.0 Å². The summed E-state index contributed by atoms with van der Waals surface area (Å²) in [7, 11) is 1.20. The minimum Gasteiger partial charge on any atom is -0.466 e. The summed E-state index contributed by atoms with van der Waals surface area (Å²) in [6.07, 6.45) is 0.704. The second kappa shape index (κ2) is 15.8. The molecule has 0 aromatic heterocycles. The van der Waals surface area contributed by atoms with Crippen LogP contribution in [-0.4, -0.2) is 101 Å². The van der Waals surface area contributed by atoms with Gasteiger partial charge in [-0.05, 0) is 44.6 Å². The molecule has 0 amide bonds. The zero-order valence-electron chi connectivity index (χ0n) is 28.7. The molecule has 3 fully saturated rings. The number of ether oxygens (including phenoxy) is 6. The number of carbonyl (C=O) groups is 3. The van der Waals surface area contributed by atoms with Gasteiger partial charge in [0.1, 0.15) is 6.10 Å². The third kappa shape index (κ3) is 9.64. The lowest BCUT2D eigenvalue weighted by Crippen LogP contribution is -2.62. The van der Waals surface area contributed by atoms with Crippen LogP contribution >= 0.6 is 0 Å². The van der Waals surface area contributed by atoms with Crippen molar-refractivity contribution in [2.75, 3.05) is 7.11 Å². The largest absolute Gasteiger partial charge is 0.466 e. The highest BCUT2D eigenvalue weighted by molar-refractivity contribution is 5.83. The molecule has 4 aliphatic heterocycles. The van der Waals surface area contributed by atoms with Gasteiger partial charge < -0.3 is 43.7 Å². The van der Waals surface area contributed by atoms with Gasteiger partial charge in [-0.25, -0.2) is 4.79 Å². The fourth-order valence-corrected chi connectivity index (χ4v) is 7.08. The van der Waals surface area contributed by atoms with Crippen LogP contribution in [0.3, 0.4) is 0 Å². The molecule has 3 saturated heterocycles. The Kier molecular flexibility index (Phi) is 12.5. The quantitative estimate of drug-likeness (QED) is 0.173. The van der Waals surface area contributed by atoms with Crippen molar-refractivity contribution in [1.82, 2.24) is 0 Å². The second-order valence-corrected chi connectivity index (χ2v) is 14.3. The van der Waals surface area contributed by atoms with E-state index in [4.69, 9.17) is 28.4 Å². The average molecular weight is 677 g/mol. The van der Waals surface area contributed by atoms with E-state index in [-0.39, 0.29) is 55.7 Å². The first-order valence-corrected chi connectivity index (χ1v) is 16.7. The Labute approximate surface area is 282 Å². The molecule has 0 saturated carbocycles. The van der Waals surface area contributed by atoms with Gasteiger partial charge in [0.05, 0.1) is 56.3 Å². The van der Waals surface area contributed by atoms with Gasteiger partial charge in [-0.1, -0.05) is 50.3 Å². The minimum absolute atomic E-state index is 0.0180. The standard InChI is InChI=1S/C36H52O12/c1-20-10-26-8-9-35(5,6)36(42)34(44-23(4)38)24(15-32(40)43-7)14-30(48-36)19-31(22(3)37)47-33(41)17-25(39)16-27-11-21(2)13-29(46-27)18-28(12-20)45-26/h8-9,15,22,25-31,34,37,39,42H,1-2,10-14,16-19H2,3-7H3/b9-8+,24-15+/t22-,25-,26+,27+,28+,29-,30+,31-,34+,36-/m1/s1. The molecule has 4 heterocycles. The van der Waals surface area contributed by atoms with Gasteiger partial charge in [0.2, 0.25) is 5.79 Å². The van der Waals surface area contributed by atoms with Crippen molar-refractivity contribution in [3.8, 4) is 0 Å². The minimum atomic E-state index is -2.24. The van der Waals surface area contributed by atoms with E-state index in [1.807, 2.05) is 6.08 Å². The molecular weight excluding hydrogens is 624 g/mol. The van der Waals surface area contributed by atoms with Gasteiger partial charge in [0.15, 0.2) is 6.10 Å². The van der Waals surface area contributed by atoms with Crippen LogP contribution in [0.2, 0.25) is 0 Å². The van der Waals surface area contributed by atoms with Gasteiger partial charge in [-0.3, -0.25) is 9.59 Å². The Bertz CT molecular complexity index is 1280. The highest BCUT2D eigenvalue weighted by Gasteiger charge is 2.57. The van der Waals surface area contributed by atoms with Crippen LogP contribution in [0.4, 0.5) is 0 Å². The van der Waals surface area contributed by atoms with Crippen molar-refractivity contribution in [3.63, 3.8) is 0 Å². The maximum absolute atomic E-state index is 13.0. The topological polar surface area (TPSA) is 167 Å². The summed E-state index contributed by atoms with van der Waals surface area (Å²) < 4.78 is 35.3. The molecule has 0 aliphatic carbocycles. The van der Waals surface area contributed by atoms with Gasteiger partial charge in [-0.2, -0.15) is 0 Å². The molecular formula is C36H52O12. The zero-order valence-corrected chi connectivity index (χ0v) is 28.7.